The average Bonchev–Trinajstić information content (AvgIpc) is 2.83. The number of methoxy groups -OCH3 is 2. The fraction of sp³-hybridized carbons (Fsp3) is 0.200. The van der Waals surface area contributed by atoms with Gasteiger partial charge in [-0.05, 0) is 61.4 Å². The summed E-state index contributed by atoms with van der Waals surface area (Å²) in [7, 11) is -0.927. The van der Waals surface area contributed by atoms with Gasteiger partial charge in [0.15, 0.2) is 11.5 Å². The van der Waals surface area contributed by atoms with E-state index in [0.29, 0.717) is 22.7 Å². The molecule has 0 aromatic heterocycles. The molecule has 0 fully saturated rings. The van der Waals surface area contributed by atoms with Crippen molar-refractivity contribution in [3.05, 3.63) is 83.4 Å². The van der Waals surface area contributed by atoms with Crippen molar-refractivity contribution < 1.29 is 22.7 Å². The fourth-order valence-electron chi connectivity index (χ4n) is 3.38. The van der Waals surface area contributed by atoms with Crippen LogP contribution in [0.25, 0.3) is 0 Å². The third-order valence-electron chi connectivity index (χ3n) is 5.05. The third kappa shape index (κ3) is 5.74. The van der Waals surface area contributed by atoms with E-state index in [1.54, 1.807) is 42.5 Å². The van der Waals surface area contributed by atoms with Gasteiger partial charge in [-0.2, -0.15) is 5.10 Å². The largest absolute Gasteiger partial charge is 0.493 e. The molecule has 0 bridgehead atoms. The van der Waals surface area contributed by atoms with E-state index >= 15 is 0 Å². The van der Waals surface area contributed by atoms with Crippen molar-refractivity contribution in [3.63, 3.8) is 0 Å². The van der Waals surface area contributed by atoms with Crippen molar-refractivity contribution in [1.29, 1.82) is 0 Å². The molecule has 178 valence electrons. The number of nitrogens with zero attached hydrogens (tertiary/aromatic N) is 2. The average molecular weight is 482 g/mol. The van der Waals surface area contributed by atoms with Crippen LogP contribution in [-0.4, -0.2) is 41.3 Å². The smallest absolute Gasteiger partial charge is 0.264 e. The quantitative estimate of drug-likeness (QED) is 0.372. The Morgan fingerprint density at radius 3 is 2.32 bits per heavy atom. The van der Waals surface area contributed by atoms with Crippen LogP contribution in [-0.2, 0) is 14.8 Å². The van der Waals surface area contributed by atoms with Gasteiger partial charge >= 0.3 is 0 Å². The lowest BCUT2D eigenvalue weighted by atomic mass is 10.1. The molecule has 0 radical (unpaired) electrons. The Bertz CT molecular complexity index is 1290. The Hall–Kier alpha value is -3.85. The molecule has 0 saturated carbocycles. The number of sulfonamides is 1. The first kappa shape index (κ1) is 24.8. The highest BCUT2D eigenvalue weighted by atomic mass is 32.2. The van der Waals surface area contributed by atoms with E-state index in [1.165, 1.54) is 32.6 Å². The first-order valence-electron chi connectivity index (χ1n) is 10.4. The van der Waals surface area contributed by atoms with Crippen molar-refractivity contribution in [3.8, 4) is 11.5 Å². The van der Waals surface area contributed by atoms with Crippen LogP contribution in [0.5, 0.6) is 11.5 Å². The lowest BCUT2D eigenvalue weighted by molar-refractivity contribution is -0.119. The number of amides is 1. The fourth-order valence-corrected chi connectivity index (χ4v) is 4.89. The van der Waals surface area contributed by atoms with Crippen molar-refractivity contribution in [1.82, 2.24) is 5.43 Å². The molecule has 0 saturated heterocycles. The number of nitrogens with one attached hydrogen (secondary N) is 1. The number of anilines is 1. The Morgan fingerprint density at radius 2 is 1.68 bits per heavy atom. The minimum atomic E-state index is -3.99. The maximum absolute atomic E-state index is 13.4. The molecule has 0 atom stereocenters. The number of ether oxygens (including phenoxy) is 2. The lowest BCUT2D eigenvalue weighted by Crippen LogP contribution is -2.40. The van der Waals surface area contributed by atoms with Gasteiger partial charge in [-0.15, -0.1) is 0 Å². The zero-order valence-corrected chi connectivity index (χ0v) is 20.3. The van der Waals surface area contributed by atoms with Crippen LogP contribution in [0, 0.1) is 13.8 Å². The molecule has 0 heterocycles. The summed E-state index contributed by atoms with van der Waals surface area (Å²) >= 11 is 0. The predicted octanol–water partition coefficient (Wildman–Crippen LogP) is 3.67. The van der Waals surface area contributed by atoms with Crippen molar-refractivity contribution >= 4 is 27.8 Å². The van der Waals surface area contributed by atoms with E-state index < -0.39 is 22.5 Å². The molecular formula is C25H27N3O5S. The summed E-state index contributed by atoms with van der Waals surface area (Å²) in [5.41, 5.74) is 5.22. The monoisotopic (exact) mass is 481 g/mol. The molecule has 0 aliphatic carbocycles. The number of carbonyl (C=O) groups excluding carboxylic acids is 1. The predicted molar refractivity (Wildman–Crippen MR) is 132 cm³/mol. The maximum Gasteiger partial charge on any atom is 0.264 e. The lowest BCUT2D eigenvalue weighted by Gasteiger charge is -2.25. The molecular weight excluding hydrogens is 454 g/mol. The molecule has 8 nitrogen and oxygen atoms in total. The standard InChI is InChI=1S/C25H27N3O5S/c1-18-10-12-22(19(2)14-18)28(34(30,31)21-8-6-5-7-9-21)17-25(29)27-26-16-20-11-13-23(32-3)24(15-20)33-4/h5-16H,17H2,1-4H3,(H,27,29)/b26-16+. The first-order chi connectivity index (χ1) is 16.3. The van der Waals surface area contributed by atoms with E-state index in [0.717, 1.165) is 15.4 Å². The Labute approximate surface area is 199 Å². The molecule has 34 heavy (non-hydrogen) atoms. The summed E-state index contributed by atoms with van der Waals surface area (Å²) in [6.07, 6.45) is 1.44. The van der Waals surface area contributed by atoms with E-state index in [1.807, 2.05) is 26.0 Å². The number of hydrazone groups is 1. The van der Waals surface area contributed by atoms with Crippen LogP contribution >= 0.6 is 0 Å². The Balaban J connectivity index is 1.84. The zero-order valence-electron chi connectivity index (χ0n) is 19.5. The number of rotatable bonds is 9. The zero-order chi connectivity index (χ0) is 24.7. The normalized spacial score (nSPS) is 11.3. The Morgan fingerprint density at radius 1 is 0.971 bits per heavy atom. The van der Waals surface area contributed by atoms with Gasteiger partial charge in [-0.25, -0.2) is 13.8 Å². The summed E-state index contributed by atoms with van der Waals surface area (Å²) in [5, 5.41) is 3.97. The molecule has 0 aliphatic heterocycles. The van der Waals surface area contributed by atoms with Gasteiger partial charge in [-0.3, -0.25) is 9.10 Å². The molecule has 3 aromatic rings. The molecule has 3 aromatic carbocycles. The second-order valence-corrected chi connectivity index (χ2v) is 9.38. The molecule has 1 N–H and O–H groups in total. The topological polar surface area (TPSA) is 97.3 Å². The third-order valence-corrected chi connectivity index (χ3v) is 6.82. The maximum atomic E-state index is 13.4. The van der Waals surface area contributed by atoms with Gasteiger partial charge < -0.3 is 9.47 Å². The van der Waals surface area contributed by atoms with Crippen LogP contribution in [0.1, 0.15) is 16.7 Å². The van der Waals surface area contributed by atoms with Gasteiger partial charge in [-0.1, -0.05) is 35.9 Å². The highest BCUT2D eigenvalue weighted by molar-refractivity contribution is 7.92. The number of aryl methyl sites for hydroxylation is 2. The van der Waals surface area contributed by atoms with Gasteiger partial charge in [0.1, 0.15) is 6.54 Å². The summed E-state index contributed by atoms with van der Waals surface area (Å²) in [4.78, 5) is 12.8. The summed E-state index contributed by atoms with van der Waals surface area (Å²) in [6, 6.07) is 18.6. The van der Waals surface area contributed by atoms with Crippen LogP contribution in [0.2, 0.25) is 0 Å². The van der Waals surface area contributed by atoms with Crippen LogP contribution in [0.4, 0.5) is 5.69 Å². The number of benzene rings is 3. The molecule has 0 aliphatic rings. The molecule has 0 unspecified atom stereocenters. The highest BCUT2D eigenvalue weighted by Gasteiger charge is 2.28. The Kier molecular flexibility index (Phi) is 7.91. The first-order valence-corrected chi connectivity index (χ1v) is 11.9. The summed E-state index contributed by atoms with van der Waals surface area (Å²) in [5.74, 6) is 0.503. The highest BCUT2D eigenvalue weighted by Crippen LogP contribution is 2.28. The SMILES string of the molecule is COc1ccc(/C=N/NC(=O)CN(c2ccc(C)cc2C)S(=O)(=O)c2ccccc2)cc1OC. The van der Waals surface area contributed by atoms with E-state index in [2.05, 4.69) is 10.5 Å². The number of carbonyl (C=O) groups is 1. The van der Waals surface area contributed by atoms with Gasteiger partial charge in [0.2, 0.25) is 0 Å². The van der Waals surface area contributed by atoms with Crippen LogP contribution < -0.4 is 19.2 Å². The van der Waals surface area contributed by atoms with Crippen molar-refractivity contribution in [2.24, 2.45) is 5.10 Å². The van der Waals surface area contributed by atoms with Crippen LogP contribution in [0.15, 0.2) is 76.7 Å². The molecule has 3 rings (SSSR count). The minimum absolute atomic E-state index is 0.0941. The minimum Gasteiger partial charge on any atom is -0.493 e. The summed E-state index contributed by atoms with van der Waals surface area (Å²) in [6.45, 7) is 3.29. The van der Waals surface area contributed by atoms with E-state index in [4.69, 9.17) is 9.47 Å². The second kappa shape index (κ2) is 10.8. The molecule has 1 amide bonds. The van der Waals surface area contributed by atoms with Crippen molar-refractivity contribution in [2.45, 2.75) is 18.7 Å². The van der Waals surface area contributed by atoms with E-state index in [-0.39, 0.29) is 4.90 Å². The van der Waals surface area contributed by atoms with E-state index in [9.17, 15) is 13.2 Å². The van der Waals surface area contributed by atoms with Gasteiger partial charge in [0.05, 0.1) is 31.0 Å². The molecule has 0 spiro atoms. The number of hydrogen-bond acceptors (Lipinski definition) is 6. The second-order valence-electron chi connectivity index (χ2n) is 7.52. The van der Waals surface area contributed by atoms with Gasteiger partial charge in [0.25, 0.3) is 15.9 Å². The number of hydrogen-bond donors (Lipinski definition) is 1. The van der Waals surface area contributed by atoms with Gasteiger partial charge in [0, 0.05) is 0 Å². The summed E-state index contributed by atoms with van der Waals surface area (Å²) < 4.78 is 38.4. The van der Waals surface area contributed by atoms with Crippen LogP contribution in [0.3, 0.4) is 0 Å². The van der Waals surface area contributed by atoms with Crippen molar-refractivity contribution in [2.75, 3.05) is 25.1 Å². The molecule has 9 heteroatoms.